The first-order chi connectivity index (χ1) is 7.65. The number of rotatable bonds is 5. The first-order valence-corrected chi connectivity index (χ1v) is 5.93. The zero-order chi connectivity index (χ0) is 12.0. The van der Waals surface area contributed by atoms with Crippen molar-refractivity contribution in [2.24, 2.45) is 5.92 Å². The lowest BCUT2D eigenvalue weighted by atomic mass is 10.0. The summed E-state index contributed by atoms with van der Waals surface area (Å²) in [6.07, 6.45) is 1.24. The second-order valence-electron chi connectivity index (χ2n) is 4.13. The highest BCUT2D eigenvalue weighted by molar-refractivity contribution is 5.81. The van der Waals surface area contributed by atoms with Crippen molar-refractivity contribution in [1.82, 2.24) is 16.0 Å². The fourth-order valence-corrected chi connectivity index (χ4v) is 1.93. The van der Waals surface area contributed by atoms with E-state index < -0.39 is 0 Å². The maximum atomic E-state index is 11.7. The summed E-state index contributed by atoms with van der Waals surface area (Å²) in [5.41, 5.74) is 0. The maximum absolute atomic E-state index is 11.7. The molecular formula is C11H21N3O2. The predicted octanol–water partition coefficient (Wildman–Crippen LogP) is -0.373. The van der Waals surface area contributed by atoms with E-state index in [1.807, 2.05) is 13.8 Å². The molecule has 1 aliphatic rings. The highest BCUT2D eigenvalue weighted by Crippen LogP contribution is 2.14. The molecule has 3 N–H and O–H groups in total. The van der Waals surface area contributed by atoms with Gasteiger partial charge < -0.3 is 16.0 Å². The fraction of sp³-hybridized carbons (Fsp3) is 0.818. The van der Waals surface area contributed by atoms with E-state index in [9.17, 15) is 9.59 Å². The standard InChI is InChI=1S/C11H21N3O2/c1-3-12-10(15)5-7-14-11(16)9-4-6-13-8(9)2/h8-9,13H,3-7H2,1-2H3,(H,12,15)(H,14,16). The van der Waals surface area contributed by atoms with E-state index >= 15 is 0 Å². The number of carbonyl (C=O) groups is 2. The van der Waals surface area contributed by atoms with Gasteiger partial charge in [0.05, 0.1) is 5.92 Å². The van der Waals surface area contributed by atoms with Gasteiger partial charge in [0.15, 0.2) is 0 Å². The van der Waals surface area contributed by atoms with Crippen molar-refractivity contribution >= 4 is 11.8 Å². The van der Waals surface area contributed by atoms with Crippen LogP contribution in [0.4, 0.5) is 0 Å². The van der Waals surface area contributed by atoms with Gasteiger partial charge in [-0.2, -0.15) is 0 Å². The molecule has 5 nitrogen and oxygen atoms in total. The zero-order valence-electron chi connectivity index (χ0n) is 10.0. The Kier molecular flexibility index (Phi) is 5.25. The Morgan fingerprint density at radius 3 is 2.69 bits per heavy atom. The van der Waals surface area contributed by atoms with E-state index in [-0.39, 0.29) is 23.8 Å². The van der Waals surface area contributed by atoms with Gasteiger partial charge in [-0.25, -0.2) is 0 Å². The minimum Gasteiger partial charge on any atom is -0.356 e. The molecule has 0 aromatic carbocycles. The van der Waals surface area contributed by atoms with Crippen molar-refractivity contribution in [3.63, 3.8) is 0 Å². The number of amides is 2. The highest BCUT2D eigenvalue weighted by atomic mass is 16.2. The van der Waals surface area contributed by atoms with Crippen LogP contribution in [-0.2, 0) is 9.59 Å². The zero-order valence-corrected chi connectivity index (χ0v) is 10.0. The molecule has 1 fully saturated rings. The lowest BCUT2D eigenvalue weighted by Gasteiger charge is -2.14. The SMILES string of the molecule is CCNC(=O)CCNC(=O)C1CCNC1C. The first-order valence-electron chi connectivity index (χ1n) is 5.93. The molecule has 1 rings (SSSR count). The molecule has 1 aliphatic heterocycles. The number of carbonyl (C=O) groups excluding carboxylic acids is 2. The predicted molar refractivity (Wildman–Crippen MR) is 61.9 cm³/mol. The van der Waals surface area contributed by atoms with Crippen molar-refractivity contribution in [2.75, 3.05) is 19.6 Å². The quantitative estimate of drug-likeness (QED) is 0.600. The molecule has 2 amide bonds. The van der Waals surface area contributed by atoms with Gasteiger partial charge in [0, 0.05) is 25.6 Å². The van der Waals surface area contributed by atoms with Crippen molar-refractivity contribution in [3.8, 4) is 0 Å². The number of hydrogen-bond donors (Lipinski definition) is 3. The highest BCUT2D eigenvalue weighted by Gasteiger charge is 2.28. The van der Waals surface area contributed by atoms with Gasteiger partial charge in [-0.3, -0.25) is 9.59 Å². The normalized spacial score (nSPS) is 24.1. The molecule has 0 aromatic rings. The van der Waals surface area contributed by atoms with Gasteiger partial charge >= 0.3 is 0 Å². The molecule has 1 heterocycles. The summed E-state index contributed by atoms with van der Waals surface area (Å²) in [5, 5.41) is 8.73. The summed E-state index contributed by atoms with van der Waals surface area (Å²) in [5.74, 6) is 0.0939. The maximum Gasteiger partial charge on any atom is 0.224 e. The molecule has 0 aliphatic carbocycles. The van der Waals surface area contributed by atoms with Crippen molar-refractivity contribution in [2.45, 2.75) is 32.7 Å². The Hall–Kier alpha value is -1.10. The van der Waals surface area contributed by atoms with Crippen LogP contribution in [0, 0.1) is 5.92 Å². The summed E-state index contributed by atoms with van der Waals surface area (Å²) in [6, 6.07) is 0.240. The van der Waals surface area contributed by atoms with Crippen LogP contribution in [0.3, 0.4) is 0 Å². The van der Waals surface area contributed by atoms with Crippen LogP contribution in [-0.4, -0.2) is 37.5 Å². The van der Waals surface area contributed by atoms with Gasteiger partial charge in [0.2, 0.25) is 11.8 Å². The molecule has 16 heavy (non-hydrogen) atoms. The van der Waals surface area contributed by atoms with Gasteiger partial charge in [0.25, 0.3) is 0 Å². The van der Waals surface area contributed by atoms with E-state index in [1.54, 1.807) is 0 Å². The third-order valence-electron chi connectivity index (χ3n) is 2.89. The first kappa shape index (κ1) is 13.0. The molecule has 1 saturated heterocycles. The molecule has 0 radical (unpaired) electrons. The Morgan fingerprint density at radius 1 is 1.38 bits per heavy atom. The smallest absolute Gasteiger partial charge is 0.224 e. The largest absolute Gasteiger partial charge is 0.356 e. The van der Waals surface area contributed by atoms with Crippen LogP contribution in [0.1, 0.15) is 26.7 Å². The van der Waals surface area contributed by atoms with Crippen molar-refractivity contribution in [3.05, 3.63) is 0 Å². The Labute approximate surface area is 96.4 Å². The summed E-state index contributed by atoms with van der Waals surface area (Å²) in [4.78, 5) is 22.8. The van der Waals surface area contributed by atoms with Crippen LogP contribution >= 0.6 is 0 Å². The second-order valence-corrected chi connectivity index (χ2v) is 4.13. The second kappa shape index (κ2) is 6.48. The van der Waals surface area contributed by atoms with E-state index in [0.29, 0.717) is 19.5 Å². The molecule has 2 unspecified atom stereocenters. The van der Waals surface area contributed by atoms with Gasteiger partial charge in [0.1, 0.15) is 0 Å². The lowest BCUT2D eigenvalue weighted by Crippen LogP contribution is -2.38. The molecule has 0 aromatic heterocycles. The van der Waals surface area contributed by atoms with Crippen molar-refractivity contribution < 1.29 is 9.59 Å². The van der Waals surface area contributed by atoms with Crippen LogP contribution < -0.4 is 16.0 Å². The van der Waals surface area contributed by atoms with Gasteiger partial charge in [-0.15, -0.1) is 0 Å². The minimum absolute atomic E-state index is 0.0135. The Morgan fingerprint density at radius 2 is 2.12 bits per heavy atom. The van der Waals surface area contributed by atoms with E-state index in [0.717, 1.165) is 13.0 Å². The topological polar surface area (TPSA) is 70.2 Å². The van der Waals surface area contributed by atoms with E-state index in [2.05, 4.69) is 16.0 Å². The molecule has 5 heteroatoms. The van der Waals surface area contributed by atoms with Gasteiger partial charge in [-0.05, 0) is 26.8 Å². The molecular weight excluding hydrogens is 206 g/mol. The van der Waals surface area contributed by atoms with Crippen LogP contribution in [0.15, 0.2) is 0 Å². The molecule has 2 atom stereocenters. The van der Waals surface area contributed by atoms with Crippen LogP contribution in [0.2, 0.25) is 0 Å². The molecule has 0 saturated carbocycles. The molecule has 0 bridgehead atoms. The number of nitrogens with one attached hydrogen (secondary N) is 3. The van der Waals surface area contributed by atoms with Gasteiger partial charge in [-0.1, -0.05) is 0 Å². The Balaban J connectivity index is 2.17. The van der Waals surface area contributed by atoms with E-state index in [4.69, 9.17) is 0 Å². The van der Waals surface area contributed by atoms with Crippen LogP contribution in [0.5, 0.6) is 0 Å². The van der Waals surface area contributed by atoms with Crippen molar-refractivity contribution in [1.29, 1.82) is 0 Å². The monoisotopic (exact) mass is 227 g/mol. The summed E-state index contributed by atoms with van der Waals surface area (Å²) < 4.78 is 0. The average molecular weight is 227 g/mol. The molecule has 92 valence electrons. The third-order valence-corrected chi connectivity index (χ3v) is 2.89. The third kappa shape index (κ3) is 3.81. The number of hydrogen-bond acceptors (Lipinski definition) is 3. The Bertz CT molecular complexity index is 256. The summed E-state index contributed by atoms with van der Waals surface area (Å²) in [7, 11) is 0. The minimum atomic E-state index is -0.0135. The molecule has 0 spiro atoms. The fourth-order valence-electron chi connectivity index (χ4n) is 1.93. The van der Waals surface area contributed by atoms with E-state index in [1.165, 1.54) is 0 Å². The lowest BCUT2D eigenvalue weighted by molar-refractivity contribution is -0.125. The summed E-state index contributed by atoms with van der Waals surface area (Å²) in [6.45, 7) is 5.85. The van der Waals surface area contributed by atoms with Crippen LogP contribution in [0.25, 0.3) is 0 Å². The summed E-state index contributed by atoms with van der Waals surface area (Å²) >= 11 is 0. The average Bonchev–Trinajstić information content (AvgIpc) is 2.64.